The van der Waals surface area contributed by atoms with Gasteiger partial charge in [-0.2, -0.15) is 0 Å². The zero-order valence-corrected chi connectivity index (χ0v) is 28.4. The number of aromatic nitrogens is 3. The Hall–Kier alpha value is -5.67. The molecule has 50 heavy (non-hydrogen) atoms. The average Bonchev–Trinajstić information content (AvgIpc) is 3.48. The molecule has 0 saturated heterocycles. The van der Waals surface area contributed by atoms with Gasteiger partial charge in [-0.05, 0) is 74.2 Å². The van der Waals surface area contributed by atoms with E-state index in [4.69, 9.17) is 15.0 Å². The van der Waals surface area contributed by atoms with Crippen LogP contribution in [-0.4, -0.2) is 15.0 Å². The molecule has 1 aromatic heterocycles. The smallest absolute Gasteiger partial charge is 0.164 e. The van der Waals surface area contributed by atoms with Gasteiger partial charge in [0.2, 0.25) is 0 Å². The van der Waals surface area contributed by atoms with Crippen LogP contribution in [0.3, 0.4) is 0 Å². The van der Waals surface area contributed by atoms with Gasteiger partial charge in [0.25, 0.3) is 0 Å². The lowest BCUT2D eigenvalue weighted by molar-refractivity contribution is 0.550. The molecule has 240 valence electrons. The van der Waals surface area contributed by atoms with Crippen molar-refractivity contribution < 1.29 is 0 Å². The second kappa shape index (κ2) is 10.9. The Bertz CT molecular complexity index is 2500. The van der Waals surface area contributed by atoms with E-state index >= 15 is 0 Å². The Morgan fingerprint density at radius 1 is 0.600 bits per heavy atom. The van der Waals surface area contributed by atoms with E-state index in [0.29, 0.717) is 5.82 Å². The number of rotatable bonds is 3. The maximum atomic E-state index is 5.37. The number of fused-ring (bicyclic) bond motifs is 9. The highest BCUT2D eigenvalue weighted by atomic mass is 15.0. The summed E-state index contributed by atoms with van der Waals surface area (Å²) >= 11 is 0. The number of hydrogen-bond acceptors (Lipinski definition) is 3. The first kappa shape index (κ1) is 29.3. The van der Waals surface area contributed by atoms with E-state index in [-0.39, 0.29) is 16.7 Å². The van der Waals surface area contributed by atoms with Crippen LogP contribution in [0.1, 0.15) is 78.2 Å². The van der Waals surface area contributed by atoms with Crippen molar-refractivity contribution in [3.05, 3.63) is 189 Å². The third-order valence-electron chi connectivity index (χ3n) is 11.6. The fourth-order valence-electron chi connectivity index (χ4n) is 9.37. The summed E-state index contributed by atoms with van der Waals surface area (Å²) in [5.74, 6) is 2.32. The number of allylic oxidation sites excluding steroid dienone is 4. The van der Waals surface area contributed by atoms with Gasteiger partial charge in [-0.1, -0.05) is 159 Å². The molecule has 0 N–H and O–H groups in total. The molecule has 1 spiro atoms. The minimum Gasteiger partial charge on any atom is -0.212 e. The fraction of sp³-hybridized carbons (Fsp3) is 0.170. The summed E-state index contributed by atoms with van der Waals surface area (Å²) in [5, 5.41) is 2.50. The van der Waals surface area contributed by atoms with Gasteiger partial charge in [0, 0.05) is 22.5 Å². The zero-order valence-electron chi connectivity index (χ0n) is 28.4. The molecule has 0 bridgehead atoms. The van der Waals surface area contributed by atoms with Gasteiger partial charge in [-0.3, -0.25) is 0 Å². The molecule has 0 radical (unpaired) electrons. The first-order valence-electron chi connectivity index (χ1n) is 17.9. The molecular weight excluding hydrogens is 607 g/mol. The van der Waals surface area contributed by atoms with Crippen LogP contribution in [0.4, 0.5) is 0 Å². The van der Waals surface area contributed by atoms with Crippen LogP contribution < -0.4 is 10.4 Å². The lowest BCUT2D eigenvalue weighted by Gasteiger charge is -2.47. The Morgan fingerprint density at radius 3 is 2.00 bits per heavy atom. The van der Waals surface area contributed by atoms with Crippen molar-refractivity contribution >= 4 is 17.7 Å². The lowest BCUT2D eigenvalue weighted by atomic mass is 9.54. The molecule has 4 aliphatic rings. The minimum absolute atomic E-state index is 0.0564. The largest absolute Gasteiger partial charge is 0.212 e. The highest BCUT2D eigenvalue weighted by Gasteiger charge is 2.54. The molecule has 3 nitrogen and oxygen atoms in total. The SMILES string of the molecule is CC1(C)c2ccccc2C2(C3=C(C=CCC3)c3c(-c4nc(-c5ccccc5)nc([C@@H]5C=c6ccccc6=CC5)n4)cccc32)c2ccccc21. The molecule has 3 heteroatoms. The molecule has 1 heterocycles. The van der Waals surface area contributed by atoms with E-state index in [1.165, 1.54) is 55.0 Å². The van der Waals surface area contributed by atoms with Gasteiger partial charge < -0.3 is 0 Å². The predicted octanol–water partition coefficient (Wildman–Crippen LogP) is 9.05. The van der Waals surface area contributed by atoms with Gasteiger partial charge in [0.1, 0.15) is 5.82 Å². The van der Waals surface area contributed by atoms with Gasteiger partial charge in [-0.25, -0.2) is 15.0 Å². The third-order valence-corrected chi connectivity index (χ3v) is 11.6. The van der Waals surface area contributed by atoms with Gasteiger partial charge >= 0.3 is 0 Å². The summed E-state index contributed by atoms with van der Waals surface area (Å²) in [5.41, 5.74) is 12.5. The highest BCUT2D eigenvalue weighted by molar-refractivity contribution is 5.97. The number of benzene rings is 5. The predicted molar refractivity (Wildman–Crippen MR) is 203 cm³/mol. The summed E-state index contributed by atoms with van der Waals surface area (Å²) in [6.45, 7) is 4.77. The second-order valence-corrected chi connectivity index (χ2v) is 14.6. The van der Waals surface area contributed by atoms with Crippen molar-refractivity contribution in [2.75, 3.05) is 0 Å². The van der Waals surface area contributed by atoms with Crippen LogP contribution in [0.2, 0.25) is 0 Å². The normalized spacial score (nSPS) is 18.6. The van der Waals surface area contributed by atoms with Crippen LogP contribution >= 0.6 is 0 Å². The first-order valence-corrected chi connectivity index (χ1v) is 17.9. The van der Waals surface area contributed by atoms with Crippen LogP contribution in [0.25, 0.3) is 40.5 Å². The first-order chi connectivity index (χ1) is 24.5. The second-order valence-electron chi connectivity index (χ2n) is 14.6. The van der Waals surface area contributed by atoms with E-state index in [9.17, 15) is 0 Å². The molecular formula is C47H37N3. The molecule has 10 rings (SSSR count). The summed E-state index contributed by atoms with van der Waals surface area (Å²) < 4.78 is 0. The Balaban J connectivity index is 1.26. The quantitative estimate of drug-likeness (QED) is 0.193. The molecule has 0 aliphatic heterocycles. The zero-order chi connectivity index (χ0) is 33.5. The maximum Gasteiger partial charge on any atom is 0.164 e. The van der Waals surface area contributed by atoms with Gasteiger partial charge in [0.05, 0.1) is 5.41 Å². The number of nitrogens with zero attached hydrogens (tertiary/aromatic N) is 3. The van der Waals surface area contributed by atoms with E-state index in [1.54, 1.807) is 0 Å². The van der Waals surface area contributed by atoms with E-state index in [2.05, 4.69) is 153 Å². The molecule has 0 unspecified atom stereocenters. The van der Waals surface area contributed by atoms with Crippen LogP contribution in [-0.2, 0) is 10.8 Å². The Labute approximate surface area is 293 Å². The van der Waals surface area contributed by atoms with Crippen molar-refractivity contribution in [1.82, 2.24) is 15.0 Å². The Morgan fingerprint density at radius 2 is 1.24 bits per heavy atom. The van der Waals surface area contributed by atoms with Crippen molar-refractivity contribution in [3.63, 3.8) is 0 Å². The summed E-state index contributed by atoms with van der Waals surface area (Å²) in [6.07, 6.45) is 12.3. The van der Waals surface area contributed by atoms with E-state index < -0.39 is 0 Å². The standard InChI is InChI=1S/C47H37N3/c1-46(2)37-22-10-12-24-39(37)47(40-25-13-11-23-38(40)46)36-21-9-8-19-34(36)42-35(20-14-26-41(42)47)45-49-43(31-16-4-3-5-17-31)48-44(50-45)33-28-27-30-15-6-7-18-32(30)29-33/h3-8,10-20,22-27,29,33H,9,21,28H2,1-2H3/t33-/m0/s1. The lowest BCUT2D eigenvalue weighted by Crippen LogP contribution is -2.41. The fourth-order valence-corrected chi connectivity index (χ4v) is 9.37. The topological polar surface area (TPSA) is 38.7 Å². The molecule has 6 aromatic rings. The Kier molecular flexibility index (Phi) is 6.39. The molecule has 1 atom stereocenters. The molecule has 0 saturated carbocycles. The van der Waals surface area contributed by atoms with Gasteiger partial charge in [0.15, 0.2) is 11.6 Å². The van der Waals surface area contributed by atoms with Crippen LogP contribution in [0.5, 0.6) is 0 Å². The van der Waals surface area contributed by atoms with E-state index in [0.717, 1.165) is 42.0 Å². The summed E-state index contributed by atoms with van der Waals surface area (Å²) in [7, 11) is 0. The molecule has 5 aromatic carbocycles. The minimum atomic E-state index is -0.387. The molecule has 0 amide bonds. The summed E-state index contributed by atoms with van der Waals surface area (Å²) in [4.78, 5) is 15.8. The molecule has 4 aliphatic carbocycles. The molecule has 0 fully saturated rings. The van der Waals surface area contributed by atoms with E-state index in [1.807, 2.05) is 6.07 Å². The maximum absolute atomic E-state index is 5.37. The average molecular weight is 644 g/mol. The van der Waals surface area contributed by atoms with Crippen molar-refractivity contribution in [2.24, 2.45) is 0 Å². The van der Waals surface area contributed by atoms with Crippen molar-refractivity contribution in [1.29, 1.82) is 0 Å². The third kappa shape index (κ3) is 4.07. The van der Waals surface area contributed by atoms with Gasteiger partial charge in [-0.15, -0.1) is 0 Å². The van der Waals surface area contributed by atoms with Crippen molar-refractivity contribution in [3.8, 4) is 22.8 Å². The number of hydrogen-bond donors (Lipinski definition) is 0. The highest BCUT2D eigenvalue weighted by Crippen LogP contribution is 2.63. The van der Waals surface area contributed by atoms with Crippen LogP contribution in [0.15, 0.2) is 139 Å². The van der Waals surface area contributed by atoms with Crippen molar-refractivity contribution in [2.45, 2.75) is 49.9 Å². The monoisotopic (exact) mass is 643 g/mol. The summed E-state index contributed by atoms with van der Waals surface area (Å²) in [6, 6.07) is 44.1. The van der Waals surface area contributed by atoms with Crippen LogP contribution in [0, 0.1) is 0 Å².